The Labute approximate surface area is 112 Å². The van der Waals surface area contributed by atoms with E-state index in [1.165, 1.54) is 17.8 Å². The zero-order valence-electron chi connectivity index (χ0n) is 10.9. The number of hydrogen-bond acceptors (Lipinski definition) is 6. The molecule has 2 N–H and O–H groups in total. The monoisotopic (exact) mass is 289 g/mol. The van der Waals surface area contributed by atoms with Crippen molar-refractivity contribution < 1.29 is 8.42 Å². The molecule has 1 aliphatic heterocycles. The van der Waals surface area contributed by atoms with Gasteiger partial charge in [0.05, 0.1) is 0 Å². The maximum atomic E-state index is 11.8. The maximum absolute atomic E-state index is 11.8. The number of rotatable bonds is 2. The number of anilines is 2. The number of nitrogens with two attached hydrogens (primary N) is 1. The minimum atomic E-state index is -3.32. The van der Waals surface area contributed by atoms with Gasteiger partial charge in [-0.05, 0) is 29.8 Å². The zero-order chi connectivity index (χ0) is 13.6. The van der Waals surface area contributed by atoms with Crippen LogP contribution in [0, 0.1) is 5.41 Å². The van der Waals surface area contributed by atoms with Crippen LogP contribution in [0.2, 0.25) is 0 Å². The van der Waals surface area contributed by atoms with Crippen LogP contribution in [0.1, 0.15) is 26.7 Å². The van der Waals surface area contributed by atoms with Gasteiger partial charge in [0.1, 0.15) is 9.90 Å². The van der Waals surface area contributed by atoms with Crippen LogP contribution in [-0.2, 0) is 9.84 Å². The van der Waals surface area contributed by atoms with E-state index in [0.29, 0.717) is 10.4 Å². The van der Waals surface area contributed by atoms with E-state index in [9.17, 15) is 8.42 Å². The first kappa shape index (κ1) is 13.6. The van der Waals surface area contributed by atoms with Crippen molar-refractivity contribution in [2.45, 2.75) is 31.6 Å². The summed E-state index contributed by atoms with van der Waals surface area (Å²) in [5, 5.41) is 0.700. The van der Waals surface area contributed by atoms with Crippen molar-refractivity contribution in [3.05, 3.63) is 0 Å². The summed E-state index contributed by atoms with van der Waals surface area (Å²) in [5.74, 6) is 0.127. The molecule has 0 radical (unpaired) electrons. The fourth-order valence-electron chi connectivity index (χ4n) is 2.15. The Bertz CT molecular complexity index is 539. The zero-order valence-corrected chi connectivity index (χ0v) is 12.6. The number of aromatic nitrogens is 1. The molecule has 0 aromatic carbocycles. The summed E-state index contributed by atoms with van der Waals surface area (Å²) < 4.78 is 27.5. The molecule has 2 heterocycles. The highest BCUT2D eigenvalue weighted by molar-refractivity contribution is 7.91. The van der Waals surface area contributed by atoms with Gasteiger partial charge < -0.3 is 10.6 Å². The van der Waals surface area contributed by atoms with Crippen LogP contribution in [0.3, 0.4) is 0 Å². The summed E-state index contributed by atoms with van der Waals surface area (Å²) in [5.41, 5.74) is 6.01. The lowest BCUT2D eigenvalue weighted by molar-refractivity contribution is 0.280. The van der Waals surface area contributed by atoms with Crippen LogP contribution in [0.4, 0.5) is 10.8 Å². The summed E-state index contributed by atoms with van der Waals surface area (Å²) in [6, 6.07) is 0. The van der Waals surface area contributed by atoms with Crippen molar-refractivity contribution in [3.63, 3.8) is 0 Å². The number of nitrogens with zero attached hydrogens (tertiary/aromatic N) is 2. The molecular weight excluding hydrogens is 270 g/mol. The van der Waals surface area contributed by atoms with Gasteiger partial charge in [0.15, 0.2) is 15.7 Å². The minimum absolute atomic E-state index is 0.127. The molecule has 0 unspecified atom stereocenters. The quantitative estimate of drug-likeness (QED) is 0.897. The number of piperidine rings is 1. The molecule has 7 heteroatoms. The van der Waals surface area contributed by atoms with Gasteiger partial charge in [-0.2, -0.15) is 4.37 Å². The first-order valence-corrected chi connectivity index (χ1v) is 8.57. The first-order chi connectivity index (χ1) is 8.21. The molecule has 1 aliphatic rings. The van der Waals surface area contributed by atoms with E-state index in [1.807, 2.05) is 0 Å². The van der Waals surface area contributed by atoms with E-state index in [2.05, 4.69) is 23.1 Å². The highest BCUT2D eigenvalue weighted by Gasteiger charge is 2.30. The van der Waals surface area contributed by atoms with Gasteiger partial charge in [-0.25, -0.2) is 8.42 Å². The second kappa shape index (κ2) is 4.38. The number of nitrogen functional groups attached to an aromatic ring is 1. The van der Waals surface area contributed by atoms with Crippen LogP contribution >= 0.6 is 11.5 Å². The van der Waals surface area contributed by atoms with E-state index in [1.54, 1.807) is 0 Å². The van der Waals surface area contributed by atoms with Gasteiger partial charge in [0, 0.05) is 19.3 Å². The Hall–Kier alpha value is -0.820. The van der Waals surface area contributed by atoms with Gasteiger partial charge in [0.2, 0.25) is 0 Å². The van der Waals surface area contributed by atoms with Gasteiger partial charge in [0.25, 0.3) is 0 Å². The van der Waals surface area contributed by atoms with E-state index < -0.39 is 9.84 Å². The molecule has 1 aromatic rings. The Morgan fingerprint density at radius 1 is 1.33 bits per heavy atom. The SMILES string of the molecule is CC1(C)CCN(c2snc(N)c2S(C)(=O)=O)CC1. The third-order valence-corrected chi connectivity index (χ3v) is 5.63. The van der Waals surface area contributed by atoms with Crippen LogP contribution < -0.4 is 10.6 Å². The van der Waals surface area contributed by atoms with Crippen molar-refractivity contribution in [2.24, 2.45) is 5.41 Å². The highest BCUT2D eigenvalue weighted by Crippen LogP contribution is 2.39. The Kier molecular flexibility index (Phi) is 3.31. The summed E-state index contributed by atoms with van der Waals surface area (Å²) >= 11 is 1.18. The molecule has 0 spiro atoms. The van der Waals surface area contributed by atoms with Gasteiger partial charge >= 0.3 is 0 Å². The van der Waals surface area contributed by atoms with Crippen molar-refractivity contribution >= 4 is 32.2 Å². The lowest BCUT2D eigenvalue weighted by atomic mass is 9.83. The fourth-order valence-corrected chi connectivity index (χ4v) is 4.41. The van der Waals surface area contributed by atoms with E-state index in [0.717, 1.165) is 25.9 Å². The van der Waals surface area contributed by atoms with Crippen molar-refractivity contribution in [3.8, 4) is 0 Å². The average Bonchev–Trinajstić information content (AvgIpc) is 2.59. The summed E-state index contributed by atoms with van der Waals surface area (Å²) in [7, 11) is -3.32. The molecule has 1 fully saturated rings. The molecule has 0 atom stereocenters. The lowest BCUT2D eigenvalue weighted by Crippen LogP contribution is -2.37. The average molecular weight is 289 g/mol. The van der Waals surface area contributed by atoms with Gasteiger partial charge in [-0.3, -0.25) is 0 Å². The molecule has 0 aliphatic carbocycles. The molecule has 2 rings (SSSR count). The molecule has 1 aromatic heterocycles. The predicted octanol–water partition coefficient (Wildman–Crippen LogP) is 1.76. The Morgan fingerprint density at radius 3 is 2.39 bits per heavy atom. The van der Waals surface area contributed by atoms with E-state index in [-0.39, 0.29) is 10.7 Å². The third kappa shape index (κ3) is 2.61. The maximum Gasteiger partial charge on any atom is 0.182 e. The van der Waals surface area contributed by atoms with Crippen molar-refractivity contribution in [1.29, 1.82) is 0 Å². The van der Waals surface area contributed by atoms with Crippen LogP contribution in [0.25, 0.3) is 0 Å². The molecule has 0 bridgehead atoms. The molecule has 0 saturated carbocycles. The minimum Gasteiger partial charge on any atom is -0.382 e. The van der Waals surface area contributed by atoms with Crippen molar-refractivity contribution in [2.75, 3.05) is 30.0 Å². The second-order valence-corrected chi connectivity index (χ2v) is 8.33. The molecule has 5 nitrogen and oxygen atoms in total. The Morgan fingerprint density at radius 2 is 1.89 bits per heavy atom. The second-order valence-electron chi connectivity index (χ2n) is 5.63. The molecule has 102 valence electrons. The summed E-state index contributed by atoms with van der Waals surface area (Å²) in [6.45, 7) is 6.19. The van der Waals surface area contributed by atoms with E-state index >= 15 is 0 Å². The molecule has 18 heavy (non-hydrogen) atoms. The highest BCUT2D eigenvalue weighted by atomic mass is 32.2. The summed E-state index contributed by atoms with van der Waals surface area (Å²) in [4.78, 5) is 2.29. The normalized spacial score (nSPS) is 20.1. The molecular formula is C11H19N3O2S2. The van der Waals surface area contributed by atoms with Crippen LogP contribution in [0.15, 0.2) is 4.90 Å². The van der Waals surface area contributed by atoms with Gasteiger partial charge in [-0.1, -0.05) is 13.8 Å². The smallest absolute Gasteiger partial charge is 0.182 e. The molecule has 0 amide bonds. The topological polar surface area (TPSA) is 76.3 Å². The van der Waals surface area contributed by atoms with Crippen molar-refractivity contribution in [1.82, 2.24) is 4.37 Å². The largest absolute Gasteiger partial charge is 0.382 e. The van der Waals surface area contributed by atoms with Crippen LogP contribution in [-0.4, -0.2) is 32.1 Å². The van der Waals surface area contributed by atoms with Gasteiger partial charge in [-0.15, -0.1) is 0 Å². The standard InChI is InChI=1S/C11H19N3O2S2/c1-11(2)4-6-14(7-5-11)10-8(18(3,15)16)9(12)13-17-10/h4-7H2,1-3H3,(H2,12,13). The third-order valence-electron chi connectivity index (χ3n) is 3.43. The number of sulfone groups is 1. The lowest BCUT2D eigenvalue weighted by Gasteiger charge is -2.37. The first-order valence-electron chi connectivity index (χ1n) is 5.91. The fraction of sp³-hybridized carbons (Fsp3) is 0.727. The molecule has 1 saturated heterocycles. The van der Waals surface area contributed by atoms with E-state index in [4.69, 9.17) is 5.73 Å². The predicted molar refractivity (Wildman–Crippen MR) is 74.9 cm³/mol. The number of hydrogen-bond donors (Lipinski definition) is 1. The Balaban J connectivity index is 2.31. The van der Waals surface area contributed by atoms with Crippen LogP contribution in [0.5, 0.6) is 0 Å². The summed E-state index contributed by atoms with van der Waals surface area (Å²) in [6.07, 6.45) is 3.28.